The molecule has 0 unspecified atom stereocenters. The van der Waals surface area contributed by atoms with Crippen molar-refractivity contribution in [3.05, 3.63) is 47.4 Å². The lowest BCUT2D eigenvalue weighted by atomic mass is 10.1. The summed E-state index contributed by atoms with van der Waals surface area (Å²) in [5.74, 6) is 0.228. The Balaban J connectivity index is 2.38. The van der Waals surface area contributed by atoms with E-state index >= 15 is 0 Å². The molecule has 4 nitrogen and oxygen atoms in total. The molecule has 0 saturated carbocycles. The van der Waals surface area contributed by atoms with E-state index in [0.717, 1.165) is 5.56 Å². The van der Waals surface area contributed by atoms with Gasteiger partial charge in [0.1, 0.15) is 10.8 Å². The molecule has 1 aromatic carbocycles. The number of aromatic nitrogens is 1. The van der Waals surface area contributed by atoms with Crippen molar-refractivity contribution in [2.24, 2.45) is 5.73 Å². The van der Waals surface area contributed by atoms with Crippen LogP contribution < -0.4 is 15.8 Å². The maximum absolute atomic E-state index is 13.7. The minimum Gasteiger partial charge on any atom is -0.494 e. The van der Waals surface area contributed by atoms with Gasteiger partial charge in [0.05, 0.1) is 12.7 Å². The average Bonchev–Trinajstić information content (AvgIpc) is 2.38. The first-order chi connectivity index (χ1) is 9.52. The topological polar surface area (TPSA) is 60.2 Å². The normalized spacial score (nSPS) is 10.2. The SMILES string of the molecule is COc1ccc(Nc2nccc(C)c2C(N)=S)cc1F. The molecule has 0 aliphatic heterocycles. The Morgan fingerprint density at radius 2 is 2.15 bits per heavy atom. The molecule has 0 radical (unpaired) electrons. The van der Waals surface area contributed by atoms with E-state index in [9.17, 15) is 4.39 Å². The number of halogens is 1. The van der Waals surface area contributed by atoms with Crippen molar-refractivity contribution < 1.29 is 9.13 Å². The fourth-order valence-corrected chi connectivity index (χ4v) is 2.10. The first-order valence-corrected chi connectivity index (χ1v) is 6.29. The van der Waals surface area contributed by atoms with Crippen LogP contribution in [0.15, 0.2) is 30.5 Å². The highest BCUT2D eigenvalue weighted by Crippen LogP contribution is 2.25. The van der Waals surface area contributed by atoms with Crippen LogP contribution in [0.2, 0.25) is 0 Å². The summed E-state index contributed by atoms with van der Waals surface area (Å²) in [6, 6.07) is 6.36. The molecule has 0 aliphatic carbocycles. The second-order valence-electron chi connectivity index (χ2n) is 4.19. The number of pyridine rings is 1. The lowest BCUT2D eigenvalue weighted by Gasteiger charge is -2.13. The van der Waals surface area contributed by atoms with Crippen molar-refractivity contribution in [1.82, 2.24) is 4.98 Å². The Morgan fingerprint density at radius 1 is 1.40 bits per heavy atom. The average molecular weight is 291 g/mol. The number of hydrogen-bond donors (Lipinski definition) is 2. The summed E-state index contributed by atoms with van der Waals surface area (Å²) in [5, 5.41) is 3.01. The second kappa shape index (κ2) is 5.83. The first-order valence-electron chi connectivity index (χ1n) is 5.89. The highest BCUT2D eigenvalue weighted by molar-refractivity contribution is 7.80. The predicted octanol–water partition coefficient (Wildman–Crippen LogP) is 2.92. The van der Waals surface area contributed by atoms with Gasteiger partial charge in [0.25, 0.3) is 0 Å². The maximum Gasteiger partial charge on any atom is 0.167 e. The van der Waals surface area contributed by atoms with Gasteiger partial charge in [0.2, 0.25) is 0 Å². The van der Waals surface area contributed by atoms with Gasteiger partial charge in [-0.05, 0) is 30.7 Å². The minimum absolute atomic E-state index is 0.183. The van der Waals surface area contributed by atoms with E-state index in [4.69, 9.17) is 22.7 Å². The molecule has 20 heavy (non-hydrogen) atoms. The van der Waals surface area contributed by atoms with Crippen molar-refractivity contribution in [2.75, 3.05) is 12.4 Å². The Hall–Kier alpha value is -2.21. The molecule has 3 N–H and O–H groups in total. The molecule has 104 valence electrons. The van der Waals surface area contributed by atoms with E-state index in [1.54, 1.807) is 12.3 Å². The van der Waals surface area contributed by atoms with Crippen LogP contribution >= 0.6 is 12.2 Å². The Morgan fingerprint density at radius 3 is 2.75 bits per heavy atom. The van der Waals surface area contributed by atoms with Crippen molar-refractivity contribution in [1.29, 1.82) is 0 Å². The number of benzene rings is 1. The number of aryl methyl sites for hydroxylation is 1. The molecule has 0 atom stereocenters. The van der Waals surface area contributed by atoms with Crippen molar-refractivity contribution in [3.8, 4) is 5.75 Å². The van der Waals surface area contributed by atoms with Crippen LogP contribution in [0.1, 0.15) is 11.1 Å². The lowest BCUT2D eigenvalue weighted by Crippen LogP contribution is -2.14. The molecule has 0 fully saturated rings. The molecule has 0 spiro atoms. The van der Waals surface area contributed by atoms with E-state index < -0.39 is 5.82 Å². The summed E-state index contributed by atoms with van der Waals surface area (Å²) in [7, 11) is 1.42. The van der Waals surface area contributed by atoms with Crippen LogP contribution in [0.5, 0.6) is 5.75 Å². The Kier molecular flexibility index (Phi) is 4.14. The monoisotopic (exact) mass is 291 g/mol. The summed E-state index contributed by atoms with van der Waals surface area (Å²) >= 11 is 5.02. The zero-order chi connectivity index (χ0) is 14.7. The van der Waals surface area contributed by atoms with E-state index in [0.29, 0.717) is 17.1 Å². The molecular formula is C14H14FN3OS. The van der Waals surface area contributed by atoms with Crippen molar-refractivity contribution in [3.63, 3.8) is 0 Å². The number of nitrogens with one attached hydrogen (secondary N) is 1. The van der Waals surface area contributed by atoms with E-state index in [1.807, 2.05) is 13.0 Å². The van der Waals surface area contributed by atoms with E-state index in [1.165, 1.54) is 19.2 Å². The van der Waals surface area contributed by atoms with Crippen molar-refractivity contribution >= 4 is 28.7 Å². The van der Waals surface area contributed by atoms with Crippen LogP contribution in [0, 0.1) is 12.7 Å². The van der Waals surface area contributed by atoms with Gasteiger partial charge in [0.15, 0.2) is 11.6 Å². The third-order valence-electron chi connectivity index (χ3n) is 2.82. The molecule has 2 rings (SSSR count). The van der Waals surface area contributed by atoms with Crippen LogP contribution in [-0.2, 0) is 0 Å². The summed E-state index contributed by atoms with van der Waals surface area (Å²) in [6.07, 6.45) is 1.64. The molecule has 0 aliphatic rings. The van der Waals surface area contributed by atoms with Crippen molar-refractivity contribution in [2.45, 2.75) is 6.92 Å². The number of anilines is 2. The number of nitrogens with two attached hydrogens (primary N) is 1. The zero-order valence-electron chi connectivity index (χ0n) is 11.1. The second-order valence-corrected chi connectivity index (χ2v) is 4.63. The molecule has 0 saturated heterocycles. The van der Waals surface area contributed by atoms with Crippen LogP contribution in [-0.4, -0.2) is 17.1 Å². The largest absolute Gasteiger partial charge is 0.494 e. The number of rotatable bonds is 4. The van der Waals surface area contributed by atoms with Crippen LogP contribution in [0.4, 0.5) is 15.9 Å². The summed E-state index contributed by atoms with van der Waals surface area (Å²) in [5.41, 5.74) is 7.80. The quantitative estimate of drug-likeness (QED) is 0.848. The number of ether oxygens (including phenoxy) is 1. The van der Waals surface area contributed by atoms with Gasteiger partial charge >= 0.3 is 0 Å². The van der Waals surface area contributed by atoms with Gasteiger partial charge in [-0.15, -0.1) is 0 Å². The maximum atomic E-state index is 13.7. The van der Waals surface area contributed by atoms with Gasteiger partial charge in [-0.2, -0.15) is 0 Å². The fraction of sp³-hybridized carbons (Fsp3) is 0.143. The van der Waals surface area contributed by atoms with Gasteiger partial charge in [-0.25, -0.2) is 9.37 Å². The lowest BCUT2D eigenvalue weighted by molar-refractivity contribution is 0.386. The third-order valence-corrected chi connectivity index (χ3v) is 3.02. The zero-order valence-corrected chi connectivity index (χ0v) is 11.9. The Labute approximate surface area is 121 Å². The van der Waals surface area contributed by atoms with Gasteiger partial charge in [-0.1, -0.05) is 12.2 Å². The highest BCUT2D eigenvalue weighted by atomic mass is 32.1. The number of nitrogens with zero attached hydrogens (tertiary/aromatic N) is 1. The number of thiocarbonyl (C=S) groups is 1. The molecule has 2 aromatic rings. The molecular weight excluding hydrogens is 277 g/mol. The van der Waals surface area contributed by atoms with E-state index in [2.05, 4.69) is 10.3 Å². The molecule has 1 aromatic heterocycles. The summed E-state index contributed by atoms with van der Waals surface area (Å²) in [6.45, 7) is 1.88. The fourth-order valence-electron chi connectivity index (χ4n) is 1.84. The third kappa shape index (κ3) is 2.85. The summed E-state index contributed by atoms with van der Waals surface area (Å²) in [4.78, 5) is 4.44. The first kappa shape index (κ1) is 14.2. The van der Waals surface area contributed by atoms with Gasteiger partial charge in [0, 0.05) is 18.0 Å². The highest BCUT2D eigenvalue weighted by Gasteiger charge is 2.11. The minimum atomic E-state index is -0.456. The Bertz CT molecular complexity index is 661. The summed E-state index contributed by atoms with van der Waals surface area (Å²) < 4.78 is 18.5. The molecule has 0 bridgehead atoms. The van der Waals surface area contributed by atoms with E-state index in [-0.39, 0.29) is 10.7 Å². The van der Waals surface area contributed by atoms with Gasteiger partial charge < -0.3 is 15.8 Å². The predicted molar refractivity (Wildman–Crippen MR) is 81.1 cm³/mol. The molecule has 0 amide bonds. The van der Waals surface area contributed by atoms with Crippen LogP contribution in [0.25, 0.3) is 0 Å². The number of hydrogen-bond acceptors (Lipinski definition) is 4. The van der Waals surface area contributed by atoms with Gasteiger partial charge in [-0.3, -0.25) is 0 Å². The molecule has 1 heterocycles. The standard InChI is InChI=1S/C14H14FN3OS/c1-8-5-6-17-14(12(8)13(16)20)18-9-3-4-11(19-2)10(15)7-9/h3-7H,1-2H3,(H2,16,20)(H,17,18). The smallest absolute Gasteiger partial charge is 0.167 e. The van der Waals surface area contributed by atoms with Crippen LogP contribution in [0.3, 0.4) is 0 Å². The molecule has 6 heteroatoms. The number of methoxy groups -OCH3 is 1.